The van der Waals surface area contributed by atoms with Gasteiger partial charge in [0, 0.05) is 19.5 Å². The summed E-state index contributed by atoms with van der Waals surface area (Å²) in [5.41, 5.74) is 1.14. The number of amides is 2. The number of nitrogens with zero attached hydrogens (tertiary/aromatic N) is 1. The molecule has 2 aliphatic rings. The number of likely N-dealkylation sites (tertiary alicyclic amines) is 1. The molecule has 1 N–H and O–H groups in total. The zero-order chi connectivity index (χ0) is 20.1. The van der Waals surface area contributed by atoms with Crippen LogP contribution < -0.4 is 5.32 Å². The van der Waals surface area contributed by atoms with Gasteiger partial charge in [-0.2, -0.15) is 0 Å². The lowest BCUT2D eigenvalue weighted by atomic mass is 9.89. The molecule has 1 aliphatic carbocycles. The molecule has 1 saturated heterocycles. The molecule has 1 aromatic rings. The SMILES string of the molecule is CC(C)[C@@H](NC(=O)CC1CCCC1)C(=O)N1CCC(c2ccc(F)cc2)CC1. The first-order valence-electron chi connectivity index (χ1n) is 10.8. The minimum atomic E-state index is -0.448. The van der Waals surface area contributed by atoms with E-state index in [4.69, 9.17) is 0 Å². The minimum absolute atomic E-state index is 0.0140. The summed E-state index contributed by atoms with van der Waals surface area (Å²) in [6, 6.07) is 6.24. The van der Waals surface area contributed by atoms with Crippen molar-refractivity contribution in [3.8, 4) is 0 Å². The van der Waals surface area contributed by atoms with Crippen molar-refractivity contribution in [1.82, 2.24) is 10.2 Å². The van der Waals surface area contributed by atoms with E-state index in [1.54, 1.807) is 0 Å². The normalized spacial score (nSPS) is 19.8. The van der Waals surface area contributed by atoms with Crippen LogP contribution in [0.5, 0.6) is 0 Å². The average molecular weight is 389 g/mol. The molecule has 3 rings (SSSR count). The quantitative estimate of drug-likeness (QED) is 0.792. The third-order valence-electron chi connectivity index (χ3n) is 6.35. The molecule has 5 heteroatoms. The molecular weight excluding hydrogens is 355 g/mol. The van der Waals surface area contributed by atoms with Crippen LogP contribution in [0.4, 0.5) is 4.39 Å². The number of nitrogens with one attached hydrogen (secondary N) is 1. The van der Waals surface area contributed by atoms with Gasteiger partial charge < -0.3 is 10.2 Å². The van der Waals surface area contributed by atoms with Crippen LogP contribution >= 0.6 is 0 Å². The first-order valence-corrected chi connectivity index (χ1v) is 10.8. The van der Waals surface area contributed by atoms with Gasteiger partial charge in [-0.05, 0) is 61.1 Å². The van der Waals surface area contributed by atoms with E-state index < -0.39 is 6.04 Å². The van der Waals surface area contributed by atoms with E-state index in [9.17, 15) is 14.0 Å². The Kier molecular flexibility index (Phi) is 7.08. The Hall–Kier alpha value is -1.91. The van der Waals surface area contributed by atoms with Crippen LogP contribution in [0.3, 0.4) is 0 Å². The molecule has 4 nitrogen and oxygen atoms in total. The van der Waals surface area contributed by atoms with Crippen LogP contribution in [-0.4, -0.2) is 35.8 Å². The second-order valence-corrected chi connectivity index (χ2v) is 8.79. The van der Waals surface area contributed by atoms with Gasteiger partial charge in [-0.15, -0.1) is 0 Å². The van der Waals surface area contributed by atoms with Gasteiger partial charge in [0.1, 0.15) is 11.9 Å². The topological polar surface area (TPSA) is 49.4 Å². The Morgan fingerprint density at radius 3 is 2.25 bits per heavy atom. The number of rotatable bonds is 6. The molecule has 28 heavy (non-hydrogen) atoms. The zero-order valence-electron chi connectivity index (χ0n) is 17.1. The summed E-state index contributed by atoms with van der Waals surface area (Å²) in [6.07, 6.45) is 6.98. The van der Waals surface area contributed by atoms with Crippen LogP contribution in [0.2, 0.25) is 0 Å². The maximum absolute atomic E-state index is 13.1. The fraction of sp³-hybridized carbons (Fsp3) is 0.652. The van der Waals surface area contributed by atoms with Crippen LogP contribution in [0.1, 0.15) is 70.3 Å². The lowest BCUT2D eigenvalue weighted by molar-refractivity contribution is -0.138. The standard InChI is InChI=1S/C23H33FN2O2/c1-16(2)22(25-21(27)15-17-5-3-4-6-17)23(28)26-13-11-19(12-14-26)18-7-9-20(24)10-8-18/h7-10,16-17,19,22H,3-6,11-15H2,1-2H3,(H,25,27)/t22-/m1/s1. The molecule has 1 aromatic carbocycles. The highest BCUT2D eigenvalue weighted by Crippen LogP contribution is 2.29. The number of piperidine rings is 1. The Labute approximate surface area is 167 Å². The van der Waals surface area contributed by atoms with Crippen molar-refractivity contribution in [1.29, 1.82) is 0 Å². The molecule has 2 amide bonds. The fourth-order valence-electron chi connectivity index (χ4n) is 4.59. The summed E-state index contributed by atoms with van der Waals surface area (Å²) in [6.45, 7) is 5.35. The van der Waals surface area contributed by atoms with Crippen molar-refractivity contribution >= 4 is 11.8 Å². The van der Waals surface area contributed by atoms with Crippen molar-refractivity contribution < 1.29 is 14.0 Å². The van der Waals surface area contributed by atoms with Gasteiger partial charge >= 0.3 is 0 Å². The van der Waals surface area contributed by atoms with E-state index in [0.29, 0.717) is 31.3 Å². The van der Waals surface area contributed by atoms with Crippen LogP contribution in [0.25, 0.3) is 0 Å². The van der Waals surface area contributed by atoms with Crippen molar-refractivity contribution in [2.45, 2.75) is 70.8 Å². The lowest BCUT2D eigenvalue weighted by Gasteiger charge is -2.35. The van der Waals surface area contributed by atoms with E-state index >= 15 is 0 Å². The van der Waals surface area contributed by atoms with E-state index in [0.717, 1.165) is 31.2 Å². The molecule has 0 bridgehead atoms. The van der Waals surface area contributed by atoms with Gasteiger partial charge in [0.2, 0.25) is 11.8 Å². The first kappa shape index (κ1) is 20.8. The van der Waals surface area contributed by atoms with Gasteiger partial charge in [0.15, 0.2) is 0 Å². The van der Waals surface area contributed by atoms with E-state index in [2.05, 4.69) is 5.32 Å². The maximum Gasteiger partial charge on any atom is 0.245 e. The molecule has 1 saturated carbocycles. The van der Waals surface area contributed by atoms with E-state index in [-0.39, 0.29) is 23.5 Å². The second kappa shape index (κ2) is 9.53. The van der Waals surface area contributed by atoms with Crippen LogP contribution in [0, 0.1) is 17.7 Å². The average Bonchev–Trinajstić information content (AvgIpc) is 3.19. The monoisotopic (exact) mass is 388 g/mol. The smallest absolute Gasteiger partial charge is 0.245 e. The Balaban J connectivity index is 1.53. The molecule has 1 heterocycles. The Bertz CT molecular complexity index is 660. The molecule has 2 fully saturated rings. The summed E-state index contributed by atoms with van der Waals surface area (Å²) in [7, 11) is 0. The maximum atomic E-state index is 13.1. The summed E-state index contributed by atoms with van der Waals surface area (Å²) in [4.78, 5) is 27.4. The van der Waals surface area contributed by atoms with Gasteiger partial charge in [-0.1, -0.05) is 38.8 Å². The summed E-state index contributed by atoms with van der Waals surface area (Å²) < 4.78 is 13.1. The van der Waals surface area contributed by atoms with Crippen molar-refractivity contribution in [3.05, 3.63) is 35.6 Å². The van der Waals surface area contributed by atoms with E-state index in [1.807, 2.05) is 30.9 Å². The van der Waals surface area contributed by atoms with Crippen LogP contribution in [0.15, 0.2) is 24.3 Å². The van der Waals surface area contributed by atoms with Crippen molar-refractivity contribution in [2.75, 3.05) is 13.1 Å². The highest BCUT2D eigenvalue weighted by molar-refractivity contribution is 5.88. The molecule has 0 aromatic heterocycles. The molecule has 1 atom stereocenters. The second-order valence-electron chi connectivity index (χ2n) is 8.79. The molecular formula is C23H33FN2O2. The summed E-state index contributed by atoms with van der Waals surface area (Å²) in [5, 5.41) is 3.02. The van der Waals surface area contributed by atoms with Crippen molar-refractivity contribution in [3.63, 3.8) is 0 Å². The molecule has 0 unspecified atom stereocenters. The highest BCUT2D eigenvalue weighted by atomic mass is 19.1. The summed E-state index contributed by atoms with van der Waals surface area (Å²) in [5.74, 6) is 0.736. The van der Waals surface area contributed by atoms with Gasteiger partial charge in [-0.3, -0.25) is 9.59 Å². The van der Waals surface area contributed by atoms with Gasteiger partial charge in [0.25, 0.3) is 0 Å². The van der Waals surface area contributed by atoms with Crippen molar-refractivity contribution in [2.24, 2.45) is 11.8 Å². The van der Waals surface area contributed by atoms with Gasteiger partial charge in [0.05, 0.1) is 0 Å². The van der Waals surface area contributed by atoms with Gasteiger partial charge in [-0.25, -0.2) is 4.39 Å². The number of carbonyl (C=O) groups is 2. The number of halogens is 1. The third-order valence-corrected chi connectivity index (χ3v) is 6.35. The Morgan fingerprint density at radius 2 is 1.68 bits per heavy atom. The lowest BCUT2D eigenvalue weighted by Crippen LogP contribution is -2.53. The zero-order valence-corrected chi connectivity index (χ0v) is 17.1. The Morgan fingerprint density at radius 1 is 1.07 bits per heavy atom. The number of benzene rings is 1. The fourth-order valence-corrected chi connectivity index (χ4v) is 4.59. The number of hydrogen-bond acceptors (Lipinski definition) is 2. The number of hydrogen-bond donors (Lipinski definition) is 1. The first-order chi connectivity index (χ1) is 13.4. The third kappa shape index (κ3) is 5.33. The van der Waals surface area contributed by atoms with Crippen LogP contribution in [-0.2, 0) is 9.59 Å². The molecule has 0 radical (unpaired) electrons. The predicted octanol–water partition coefficient (Wildman–Crippen LogP) is 4.25. The molecule has 0 spiro atoms. The molecule has 154 valence electrons. The minimum Gasteiger partial charge on any atom is -0.344 e. The van der Waals surface area contributed by atoms with E-state index in [1.165, 1.54) is 25.0 Å². The molecule has 1 aliphatic heterocycles. The number of carbonyl (C=O) groups excluding carboxylic acids is 2. The largest absolute Gasteiger partial charge is 0.344 e. The summed E-state index contributed by atoms with van der Waals surface area (Å²) >= 11 is 0. The highest BCUT2D eigenvalue weighted by Gasteiger charge is 2.32. The predicted molar refractivity (Wildman–Crippen MR) is 108 cm³/mol.